The van der Waals surface area contributed by atoms with Crippen molar-refractivity contribution in [2.45, 2.75) is 77.3 Å². The lowest BCUT2D eigenvalue weighted by Crippen LogP contribution is -2.49. The molecular formula is C16H30N2O. The summed E-state index contributed by atoms with van der Waals surface area (Å²) >= 11 is 0. The molecule has 2 aliphatic rings. The number of carbonyl (C=O) groups excluding carboxylic acids is 1. The van der Waals surface area contributed by atoms with E-state index < -0.39 is 0 Å². The van der Waals surface area contributed by atoms with Gasteiger partial charge in [0.1, 0.15) is 0 Å². The van der Waals surface area contributed by atoms with Crippen molar-refractivity contribution in [1.82, 2.24) is 4.90 Å². The Morgan fingerprint density at radius 1 is 1.26 bits per heavy atom. The molecule has 1 saturated carbocycles. The number of hydrogen-bond donors (Lipinski definition) is 1. The molecule has 2 N–H and O–H groups in total. The van der Waals surface area contributed by atoms with Gasteiger partial charge < -0.3 is 10.6 Å². The zero-order valence-corrected chi connectivity index (χ0v) is 12.6. The molecule has 1 aliphatic heterocycles. The number of nitrogens with two attached hydrogens (primary N) is 1. The highest BCUT2D eigenvalue weighted by atomic mass is 16.2. The average molecular weight is 266 g/mol. The number of carbonyl (C=O) groups is 1. The zero-order valence-electron chi connectivity index (χ0n) is 12.6. The lowest BCUT2D eigenvalue weighted by Gasteiger charge is -2.41. The summed E-state index contributed by atoms with van der Waals surface area (Å²) in [5.74, 6) is 1.10. The van der Waals surface area contributed by atoms with Crippen LogP contribution in [0.1, 0.15) is 65.2 Å². The fourth-order valence-corrected chi connectivity index (χ4v) is 3.84. The summed E-state index contributed by atoms with van der Waals surface area (Å²) in [6.07, 6.45) is 9.11. The van der Waals surface area contributed by atoms with Crippen LogP contribution in [0.5, 0.6) is 0 Å². The Balaban J connectivity index is 2.03. The Morgan fingerprint density at radius 3 is 2.79 bits per heavy atom. The van der Waals surface area contributed by atoms with E-state index in [-0.39, 0.29) is 12.0 Å². The second kappa shape index (κ2) is 6.74. The molecule has 4 atom stereocenters. The molecule has 2 fully saturated rings. The Labute approximate surface area is 117 Å². The van der Waals surface area contributed by atoms with Crippen LogP contribution in [0.25, 0.3) is 0 Å². The third kappa shape index (κ3) is 3.50. The van der Waals surface area contributed by atoms with Gasteiger partial charge in [0.2, 0.25) is 5.91 Å². The number of nitrogens with zero attached hydrogens (tertiary/aromatic N) is 1. The fraction of sp³-hybridized carbons (Fsp3) is 0.938. The van der Waals surface area contributed by atoms with Gasteiger partial charge in [-0.25, -0.2) is 0 Å². The number of amides is 1. The molecule has 1 saturated heterocycles. The lowest BCUT2D eigenvalue weighted by molar-refractivity contribution is -0.142. The van der Waals surface area contributed by atoms with Crippen molar-refractivity contribution in [2.24, 2.45) is 17.6 Å². The molecule has 0 aromatic rings. The van der Waals surface area contributed by atoms with Crippen molar-refractivity contribution >= 4 is 5.91 Å². The van der Waals surface area contributed by atoms with Crippen LogP contribution in [0.4, 0.5) is 0 Å². The van der Waals surface area contributed by atoms with Gasteiger partial charge >= 0.3 is 0 Å². The number of hydrogen-bond acceptors (Lipinski definition) is 2. The van der Waals surface area contributed by atoms with Gasteiger partial charge in [-0.2, -0.15) is 0 Å². The first-order valence-corrected chi connectivity index (χ1v) is 8.19. The molecule has 0 bridgehead atoms. The molecule has 2 rings (SSSR count). The number of piperidine rings is 1. The maximum atomic E-state index is 12.9. The van der Waals surface area contributed by atoms with Crippen molar-refractivity contribution in [3.05, 3.63) is 0 Å². The maximum Gasteiger partial charge on any atom is 0.226 e. The maximum absolute atomic E-state index is 12.9. The fourth-order valence-electron chi connectivity index (χ4n) is 3.84. The van der Waals surface area contributed by atoms with E-state index in [0.717, 1.165) is 25.8 Å². The molecule has 0 radical (unpaired) electrons. The highest BCUT2D eigenvalue weighted by molar-refractivity contribution is 5.79. The second-order valence-corrected chi connectivity index (χ2v) is 6.63. The van der Waals surface area contributed by atoms with Crippen LogP contribution in [0.15, 0.2) is 0 Å². The molecule has 110 valence electrons. The van der Waals surface area contributed by atoms with Gasteiger partial charge in [0.25, 0.3) is 0 Å². The Morgan fingerprint density at radius 2 is 2.05 bits per heavy atom. The van der Waals surface area contributed by atoms with Crippen molar-refractivity contribution in [3.63, 3.8) is 0 Å². The minimum Gasteiger partial charge on any atom is -0.339 e. The molecule has 1 amide bonds. The van der Waals surface area contributed by atoms with Gasteiger partial charge in [-0.05, 0) is 50.9 Å². The third-order valence-electron chi connectivity index (χ3n) is 5.09. The predicted molar refractivity (Wildman–Crippen MR) is 78.7 cm³/mol. The van der Waals surface area contributed by atoms with Gasteiger partial charge in [0, 0.05) is 24.5 Å². The van der Waals surface area contributed by atoms with E-state index in [0.29, 0.717) is 17.9 Å². The predicted octanol–water partition coefficient (Wildman–Crippen LogP) is 2.93. The Bertz CT molecular complexity index is 303. The van der Waals surface area contributed by atoms with E-state index in [9.17, 15) is 4.79 Å². The van der Waals surface area contributed by atoms with E-state index in [4.69, 9.17) is 5.73 Å². The van der Waals surface area contributed by atoms with Gasteiger partial charge in [-0.1, -0.05) is 20.3 Å². The van der Waals surface area contributed by atoms with Crippen molar-refractivity contribution in [1.29, 1.82) is 0 Å². The van der Waals surface area contributed by atoms with Crippen LogP contribution in [-0.2, 0) is 4.79 Å². The first-order chi connectivity index (χ1) is 9.13. The van der Waals surface area contributed by atoms with Crippen LogP contribution in [-0.4, -0.2) is 29.4 Å². The van der Waals surface area contributed by atoms with E-state index in [2.05, 4.69) is 18.7 Å². The second-order valence-electron chi connectivity index (χ2n) is 6.63. The smallest absolute Gasteiger partial charge is 0.226 e. The zero-order chi connectivity index (χ0) is 13.8. The van der Waals surface area contributed by atoms with E-state index in [1.807, 2.05) is 0 Å². The molecule has 0 aromatic heterocycles. The molecule has 0 aromatic carbocycles. The van der Waals surface area contributed by atoms with Gasteiger partial charge in [0.15, 0.2) is 0 Å². The molecular weight excluding hydrogens is 236 g/mol. The quantitative estimate of drug-likeness (QED) is 0.853. The SMILES string of the molecule is CCCC1CCCCN1C(=O)C1CC(N)CCC1C. The molecule has 3 nitrogen and oxygen atoms in total. The minimum absolute atomic E-state index is 0.182. The first-order valence-electron chi connectivity index (χ1n) is 8.19. The van der Waals surface area contributed by atoms with Crippen LogP contribution in [0.2, 0.25) is 0 Å². The largest absolute Gasteiger partial charge is 0.339 e. The highest BCUT2D eigenvalue weighted by Crippen LogP contribution is 2.33. The van der Waals surface area contributed by atoms with Gasteiger partial charge in [-0.3, -0.25) is 4.79 Å². The molecule has 1 heterocycles. The van der Waals surface area contributed by atoms with Crippen molar-refractivity contribution in [3.8, 4) is 0 Å². The number of likely N-dealkylation sites (tertiary alicyclic amines) is 1. The summed E-state index contributed by atoms with van der Waals surface area (Å²) in [5.41, 5.74) is 6.08. The van der Waals surface area contributed by atoms with Crippen LogP contribution in [0.3, 0.4) is 0 Å². The Kier molecular flexibility index (Phi) is 5.26. The van der Waals surface area contributed by atoms with Gasteiger partial charge in [0.05, 0.1) is 0 Å². The van der Waals surface area contributed by atoms with Crippen molar-refractivity contribution in [2.75, 3.05) is 6.54 Å². The van der Waals surface area contributed by atoms with Gasteiger partial charge in [-0.15, -0.1) is 0 Å². The normalized spacial score (nSPS) is 36.3. The summed E-state index contributed by atoms with van der Waals surface area (Å²) in [6, 6.07) is 0.733. The first kappa shape index (κ1) is 14.8. The average Bonchev–Trinajstić information content (AvgIpc) is 2.42. The third-order valence-corrected chi connectivity index (χ3v) is 5.09. The van der Waals surface area contributed by atoms with E-state index in [1.165, 1.54) is 32.1 Å². The van der Waals surface area contributed by atoms with Crippen LogP contribution in [0, 0.1) is 11.8 Å². The molecule has 4 unspecified atom stereocenters. The molecule has 3 heteroatoms. The summed E-state index contributed by atoms with van der Waals surface area (Å²) in [7, 11) is 0. The topological polar surface area (TPSA) is 46.3 Å². The number of rotatable bonds is 3. The summed E-state index contributed by atoms with van der Waals surface area (Å²) in [4.78, 5) is 15.1. The summed E-state index contributed by atoms with van der Waals surface area (Å²) in [5, 5.41) is 0. The van der Waals surface area contributed by atoms with E-state index in [1.54, 1.807) is 0 Å². The van der Waals surface area contributed by atoms with Crippen molar-refractivity contribution < 1.29 is 4.79 Å². The lowest BCUT2D eigenvalue weighted by atomic mass is 9.77. The standard InChI is InChI=1S/C16H30N2O/c1-3-6-14-7-4-5-10-18(14)16(19)15-11-13(17)9-8-12(15)2/h12-15H,3-11,17H2,1-2H3. The van der Waals surface area contributed by atoms with Crippen LogP contribution >= 0.6 is 0 Å². The Hall–Kier alpha value is -0.570. The monoisotopic (exact) mass is 266 g/mol. The molecule has 19 heavy (non-hydrogen) atoms. The minimum atomic E-state index is 0.182. The molecule has 1 aliphatic carbocycles. The van der Waals surface area contributed by atoms with Crippen LogP contribution < -0.4 is 5.73 Å². The van der Waals surface area contributed by atoms with E-state index >= 15 is 0 Å². The highest BCUT2D eigenvalue weighted by Gasteiger charge is 2.36. The molecule has 0 spiro atoms. The summed E-state index contributed by atoms with van der Waals surface area (Å²) in [6.45, 7) is 5.42. The summed E-state index contributed by atoms with van der Waals surface area (Å²) < 4.78 is 0.